The Kier molecular flexibility index (Phi) is 3.02. The van der Waals surface area contributed by atoms with Crippen molar-refractivity contribution in [3.63, 3.8) is 0 Å². The van der Waals surface area contributed by atoms with Crippen molar-refractivity contribution in [2.24, 2.45) is 0 Å². The number of hydrogen-bond acceptors (Lipinski definition) is 4. The van der Waals surface area contributed by atoms with Crippen LogP contribution in [0.15, 0.2) is 22.0 Å². The molecule has 0 aromatic carbocycles. The predicted molar refractivity (Wildman–Crippen MR) is 62.9 cm³/mol. The minimum atomic E-state index is -0.530. The van der Waals surface area contributed by atoms with Crippen LogP contribution in [-0.4, -0.2) is 9.48 Å². The summed E-state index contributed by atoms with van der Waals surface area (Å²) < 4.78 is 5.18. The highest BCUT2D eigenvalue weighted by Crippen LogP contribution is 2.32. The van der Waals surface area contributed by atoms with Crippen molar-refractivity contribution in [1.29, 1.82) is 0 Å². The van der Waals surface area contributed by atoms with Crippen LogP contribution in [0.25, 0.3) is 0 Å². The summed E-state index contributed by atoms with van der Waals surface area (Å²) >= 11 is 6.27. The fraction of sp³-hybridized carbons (Fsp3) is 0.222. The van der Waals surface area contributed by atoms with E-state index in [2.05, 4.69) is 20.3 Å². The van der Waals surface area contributed by atoms with Crippen LogP contribution in [-0.2, 0) is 0 Å². The maximum Gasteiger partial charge on any atom is 0.124 e. The zero-order chi connectivity index (χ0) is 10.1. The first-order valence-corrected chi connectivity index (χ1v) is 6.41. The van der Waals surface area contributed by atoms with E-state index < -0.39 is 6.10 Å². The first kappa shape index (κ1) is 10.3. The van der Waals surface area contributed by atoms with Crippen LogP contribution in [0.1, 0.15) is 21.6 Å². The number of aliphatic hydroxyl groups is 1. The minimum absolute atomic E-state index is 0.530. The van der Waals surface area contributed by atoms with Crippen LogP contribution < -0.4 is 0 Å². The fourth-order valence-electron chi connectivity index (χ4n) is 1.13. The van der Waals surface area contributed by atoms with E-state index in [0.717, 1.165) is 19.2 Å². The van der Waals surface area contributed by atoms with Gasteiger partial charge in [-0.15, -0.1) is 11.3 Å². The fourth-order valence-corrected chi connectivity index (χ4v) is 3.38. The first-order chi connectivity index (χ1) is 6.66. The van der Waals surface area contributed by atoms with Crippen LogP contribution >= 0.6 is 38.8 Å². The Balaban J connectivity index is 2.28. The molecule has 2 aromatic heterocycles. The third-order valence-electron chi connectivity index (χ3n) is 1.78. The predicted octanol–water partition coefficient (Wildman–Crippen LogP) is 3.36. The van der Waals surface area contributed by atoms with Gasteiger partial charge in [-0.25, -0.2) is 0 Å². The normalized spacial score (nSPS) is 13.1. The number of thiophene rings is 1. The number of rotatable bonds is 2. The SMILES string of the molecule is Cc1cc(C(O)c2ccc(Br)s2)sn1. The molecule has 0 fully saturated rings. The summed E-state index contributed by atoms with van der Waals surface area (Å²) in [5.74, 6) is 0. The average Bonchev–Trinajstić information content (AvgIpc) is 2.73. The molecule has 2 heterocycles. The second kappa shape index (κ2) is 4.10. The Labute approximate surface area is 98.5 Å². The quantitative estimate of drug-likeness (QED) is 0.920. The lowest BCUT2D eigenvalue weighted by atomic mass is 10.2. The van der Waals surface area contributed by atoms with Gasteiger partial charge >= 0.3 is 0 Å². The van der Waals surface area contributed by atoms with Crippen molar-refractivity contribution in [3.8, 4) is 0 Å². The second-order valence-electron chi connectivity index (χ2n) is 2.92. The van der Waals surface area contributed by atoms with Crippen LogP contribution in [0, 0.1) is 6.92 Å². The van der Waals surface area contributed by atoms with Gasteiger partial charge in [0.2, 0.25) is 0 Å². The van der Waals surface area contributed by atoms with E-state index in [4.69, 9.17) is 0 Å². The molecule has 0 aliphatic heterocycles. The molecule has 2 rings (SSSR count). The van der Waals surface area contributed by atoms with Crippen molar-refractivity contribution in [3.05, 3.63) is 37.4 Å². The Bertz CT molecular complexity index is 397. The highest BCUT2D eigenvalue weighted by atomic mass is 79.9. The van der Waals surface area contributed by atoms with Crippen LogP contribution in [0.3, 0.4) is 0 Å². The monoisotopic (exact) mass is 289 g/mol. The summed E-state index contributed by atoms with van der Waals surface area (Å²) in [5, 5.41) is 9.98. The molecule has 5 heteroatoms. The first-order valence-electron chi connectivity index (χ1n) is 4.03. The molecule has 0 amide bonds. The molecule has 0 saturated carbocycles. The molecule has 0 radical (unpaired) electrons. The number of halogens is 1. The van der Waals surface area contributed by atoms with Gasteiger partial charge in [0.15, 0.2) is 0 Å². The molecule has 74 valence electrons. The molecule has 0 aliphatic carbocycles. The van der Waals surface area contributed by atoms with Gasteiger partial charge in [0.05, 0.1) is 14.4 Å². The van der Waals surface area contributed by atoms with Crippen molar-refractivity contribution in [2.75, 3.05) is 0 Å². The molecule has 0 saturated heterocycles. The third kappa shape index (κ3) is 2.06. The van der Waals surface area contributed by atoms with Crippen molar-refractivity contribution in [2.45, 2.75) is 13.0 Å². The van der Waals surface area contributed by atoms with E-state index >= 15 is 0 Å². The van der Waals surface area contributed by atoms with Crippen LogP contribution in [0.4, 0.5) is 0 Å². The van der Waals surface area contributed by atoms with E-state index in [-0.39, 0.29) is 0 Å². The van der Waals surface area contributed by atoms with Crippen molar-refractivity contribution < 1.29 is 5.11 Å². The number of aryl methyl sites for hydroxylation is 1. The summed E-state index contributed by atoms with van der Waals surface area (Å²) in [6, 6.07) is 5.79. The largest absolute Gasteiger partial charge is 0.382 e. The molecule has 0 spiro atoms. The number of aliphatic hydroxyl groups excluding tert-OH is 1. The van der Waals surface area contributed by atoms with Gasteiger partial charge in [-0.05, 0) is 52.6 Å². The zero-order valence-electron chi connectivity index (χ0n) is 7.40. The molecule has 1 unspecified atom stereocenters. The highest BCUT2D eigenvalue weighted by Gasteiger charge is 2.14. The summed E-state index contributed by atoms with van der Waals surface area (Å²) in [5.41, 5.74) is 0.958. The topological polar surface area (TPSA) is 33.1 Å². The lowest BCUT2D eigenvalue weighted by Crippen LogP contribution is -1.92. The zero-order valence-corrected chi connectivity index (χ0v) is 10.6. The molecule has 2 nitrogen and oxygen atoms in total. The van der Waals surface area contributed by atoms with Crippen molar-refractivity contribution in [1.82, 2.24) is 4.37 Å². The minimum Gasteiger partial charge on any atom is -0.382 e. The molecule has 0 aliphatic rings. The molecule has 0 bridgehead atoms. The standard InChI is InChI=1S/C9H8BrNOS2/c1-5-4-7(14-11-5)9(12)6-2-3-8(10)13-6/h2-4,9,12H,1H3. The number of aromatic nitrogens is 1. The summed E-state index contributed by atoms with van der Waals surface area (Å²) in [7, 11) is 0. The Morgan fingerprint density at radius 3 is 2.71 bits per heavy atom. The maximum absolute atomic E-state index is 9.98. The van der Waals surface area contributed by atoms with Gasteiger partial charge < -0.3 is 5.11 Å². The lowest BCUT2D eigenvalue weighted by molar-refractivity contribution is 0.228. The van der Waals surface area contributed by atoms with Gasteiger partial charge in [-0.3, -0.25) is 0 Å². The average molecular weight is 290 g/mol. The number of hydrogen-bond donors (Lipinski definition) is 1. The van der Waals surface area contributed by atoms with Gasteiger partial charge in [0, 0.05) is 4.88 Å². The third-order valence-corrected chi connectivity index (χ3v) is 4.39. The Morgan fingerprint density at radius 2 is 2.21 bits per heavy atom. The van der Waals surface area contributed by atoms with Crippen molar-refractivity contribution >= 4 is 38.8 Å². The van der Waals surface area contributed by atoms with E-state index in [1.54, 1.807) is 11.3 Å². The Hall–Kier alpha value is -0.230. The molecule has 2 aromatic rings. The molecule has 1 N–H and O–H groups in total. The summed E-state index contributed by atoms with van der Waals surface area (Å²) in [6.45, 7) is 1.93. The van der Waals surface area contributed by atoms with Gasteiger partial charge in [0.25, 0.3) is 0 Å². The highest BCUT2D eigenvalue weighted by molar-refractivity contribution is 9.11. The molecule has 14 heavy (non-hydrogen) atoms. The van der Waals surface area contributed by atoms with Gasteiger partial charge in [-0.1, -0.05) is 0 Å². The Morgan fingerprint density at radius 1 is 1.43 bits per heavy atom. The second-order valence-corrected chi connectivity index (χ2v) is 6.25. The van der Waals surface area contributed by atoms with E-state index in [0.29, 0.717) is 0 Å². The summed E-state index contributed by atoms with van der Waals surface area (Å²) in [4.78, 5) is 1.84. The lowest BCUT2D eigenvalue weighted by Gasteiger charge is -2.03. The molecule has 1 atom stereocenters. The number of nitrogens with zero attached hydrogens (tertiary/aromatic N) is 1. The maximum atomic E-state index is 9.98. The van der Waals surface area contributed by atoms with E-state index in [9.17, 15) is 5.11 Å². The molecular weight excluding hydrogens is 282 g/mol. The summed E-state index contributed by atoms with van der Waals surface area (Å²) in [6.07, 6.45) is -0.530. The van der Waals surface area contributed by atoms with E-state index in [1.807, 2.05) is 25.1 Å². The van der Waals surface area contributed by atoms with Crippen LogP contribution in [0.2, 0.25) is 0 Å². The van der Waals surface area contributed by atoms with E-state index in [1.165, 1.54) is 11.5 Å². The van der Waals surface area contributed by atoms with Crippen LogP contribution in [0.5, 0.6) is 0 Å². The van der Waals surface area contributed by atoms with Gasteiger partial charge in [-0.2, -0.15) is 4.37 Å². The van der Waals surface area contributed by atoms with Gasteiger partial charge in [0.1, 0.15) is 6.10 Å². The smallest absolute Gasteiger partial charge is 0.124 e. The molecular formula is C9H8BrNOS2.